The van der Waals surface area contributed by atoms with Crippen molar-refractivity contribution >= 4 is 11.7 Å². The van der Waals surface area contributed by atoms with E-state index in [0.29, 0.717) is 18.9 Å². The second-order valence-corrected chi connectivity index (χ2v) is 4.36. The van der Waals surface area contributed by atoms with Crippen molar-refractivity contribution in [3.63, 3.8) is 0 Å². The van der Waals surface area contributed by atoms with Crippen LogP contribution >= 0.6 is 0 Å². The number of carbonyl (C=O) groups excluding carboxylic acids is 1. The highest BCUT2D eigenvalue weighted by atomic mass is 16.6. The van der Waals surface area contributed by atoms with Crippen molar-refractivity contribution < 1.29 is 9.63 Å². The molecule has 1 aromatic carbocycles. The molecule has 1 rings (SSSR count). The summed E-state index contributed by atoms with van der Waals surface area (Å²) in [5, 5.41) is 6.38. The Bertz CT molecular complexity index is 418. The molecule has 0 bridgehead atoms. The standard InChI is InChI=1S/C13H20N4O2/c1-17(2)9-12(14)16-19-10-13(18)15-8-11-6-4-3-5-7-11/h3-7H,8-10H2,1-2H3,(H2,14,16)(H,15,18). The minimum Gasteiger partial charge on any atom is -0.384 e. The number of nitrogens with two attached hydrogens (primary N) is 1. The van der Waals surface area contributed by atoms with Gasteiger partial charge in [-0.05, 0) is 19.7 Å². The third-order valence-electron chi connectivity index (χ3n) is 2.19. The summed E-state index contributed by atoms with van der Waals surface area (Å²) < 4.78 is 0. The summed E-state index contributed by atoms with van der Waals surface area (Å²) in [6, 6.07) is 9.65. The quantitative estimate of drug-likeness (QED) is 0.417. The summed E-state index contributed by atoms with van der Waals surface area (Å²) in [4.78, 5) is 18.2. The Morgan fingerprint density at radius 1 is 1.37 bits per heavy atom. The highest BCUT2D eigenvalue weighted by molar-refractivity contribution is 5.82. The molecule has 6 heteroatoms. The van der Waals surface area contributed by atoms with E-state index >= 15 is 0 Å². The zero-order valence-corrected chi connectivity index (χ0v) is 11.3. The van der Waals surface area contributed by atoms with Crippen LogP contribution in [0.4, 0.5) is 0 Å². The van der Waals surface area contributed by atoms with Gasteiger partial charge in [-0.3, -0.25) is 4.79 Å². The Morgan fingerprint density at radius 2 is 2.05 bits per heavy atom. The molecule has 0 saturated heterocycles. The van der Waals surface area contributed by atoms with Crippen LogP contribution in [0.3, 0.4) is 0 Å². The van der Waals surface area contributed by atoms with Crippen LogP contribution < -0.4 is 11.1 Å². The van der Waals surface area contributed by atoms with E-state index in [2.05, 4.69) is 10.5 Å². The Balaban J connectivity index is 2.21. The Morgan fingerprint density at radius 3 is 2.68 bits per heavy atom. The number of carbonyl (C=O) groups is 1. The predicted molar refractivity (Wildman–Crippen MR) is 74.4 cm³/mol. The molecule has 104 valence electrons. The summed E-state index contributed by atoms with van der Waals surface area (Å²) in [7, 11) is 3.74. The van der Waals surface area contributed by atoms with Gasteiger partial charge in [0.05, 0.1) is 6.54 Å². The normalized spacial score (nSPS) is 11.4. The van der Waals surface area contributed by atoms with Crippen molar-refractivity contribution in [3.8, 4) is 0 Å². The maximum absolute atomic E-state index is 11.5. The number of nitrogens with one attached hydrogen (secondary N) is 1. The van der Waals surface area contributed by atoms with Crippen molar-refractivity contribution in [3.05, 3.63) is 35.9 Å². The van der Waals surface area contributed by atoms with Crippen molar-refractivity contribution in [1.82, 2.24) is 10.2 Å². The van der Waals surface area contributed by atoms with Crippen LogP contribution in [0.25, 0.3) is 0 Å². The average Bonchev–Trinajstić information content (AvgIpc) is 2.36. The summed E-state index contributed by atoms with van der Waals surface area (Å²) in [6.45, 7) is 0.826. The van der Waals surface area contributed by atoms with Crippen molar-refractivity contribution in [2.24, 2.45) is 10.9 Å². The average molecular weight is 264 g/mol. The first-order chi connectivity index (χ1) is 9.08. The van der Waals surface area contributed by atoms with Gasteiger partial charge in [0.15, 0.2) is 12.4 Å². The molecular weight excluding hydrogens is 244 g/mol. The van der Waals surface area contributed by atoms with Crippen LogP contribution in [-0.4, -0.2) is 43.9 Å². The van der Waals surface area contributed by atoms with Gasteiger partial charge in [0.2, 0.25) is 0 Å². The molecule has 0 aliphatic heterocycles. The van der Waals surface area contributed by atoms with Gasteiger partial charge in [0, 0.05) is 6.54 Å². The van der Waals surface area contributed by atoms with Gasteiger partial charge in [0.25, 0.3) is 5.91 Å². The third kappa shape index (κ3) is 7.05. The molecule has 19 heavy (non-hydrogen) atoms. The zero-order valence-electron chi connectivity index (χ0n) is 11.3. The van der Waals surface area contributed by atoms with Crippen LogP contribution in [0.1, 0.15) is 5.56 Å². The molecule has 3 N–H and O–H groups in total. The van der Waals surface area contributed by atoms with E-state index < -0.39 is 0 Å². The molecule has 0 heterocycles. The van der Waals surface area contributed by atoms with Gasteiger partial charge in [-0.25, -0.2) is 0 Å². The van der Waals surface area contributed by atoms with Gasteiger partial charge in [-0.2, -0.15) is 0 Å². The van der Waals surface area contributed by atoms with E-state index in [9.17, 15) is 4.79 Å². The van der Waals surface area contributed by atoms with Gasteiger partial charge in [-0.15, -0.1) is 0 Å². The second kappa shape index (κ2) is 8.10. The van der Waals surface area contributed by atoms with Crippen molar-refractivity contribution in [2.45, 2.75) is 6.54 Å². The number of amidine groups is 1. The first kappa shape index (κ1) is 15.0. The maximum atomic E-state index is 11.5. The fraction of sp³-hybridized carbons (Fsp3) is 0.385. The van der Waals surface area contributed by atoms with E-state index in [-0.39, 0.29) is 12.5 Å². The molecule has 0 aromatic heterocycles. The second-order valence-electron chi connectivity index (χ2n) is 4.36. The lowest BCUT2D eigenvalue weighted by molar-refractivity contribution is -0.125. The molecular formula is C13H20N4O2. The first-order valence-electron chi connectivity index (χ1n) is 5.97. The largest absolute Gasteiger partial charge is 0.384 e. The lowest BCUT2D eigenvalue weighted by Gasteiger charge is -2.08. The van der Waals surface area contributed by atoms with Gasteiger partial charge in [0.1, 0.15) is 0 Å². The fourth-order valence-electron chi connectivity index (χ4n) is 1.37. The monoisotopic (exact) mass is 264 g/mol. The number of oxime groups is 1. The summed E-state index contributed by atoms with van der Waals surface area (Å²) >= 11 is 0. The molecule has 1 amide bonds. The number of nitrogens with zero attached hydrogens (tertiary/aromatic N) is 2. The number of likely N-dealkylation sites (N-methyl/N-ethyl adjacent to an activating group) is 1. The molecule has 6 nitrogen and oxygen atoms in total. The number of amides is 1. The number of rotatable bonds is 7. The highest BCUT2D eigenvalue weighted by Crippen LogP contribution is 1.96. The van der Waals surface area contributed by atoms with Gasteiger partial charge < -0.3 is 20.8 Å². The van der Waals surface area contributed by atoms with Crippen LogP contribution in [0.5, 0.6) is 0 Å². The molecule has 0 aliphatic rings. The minimum absolute atomic E-state index is 0.138. The van der Waals surface area contributed by atoms with E-state index in [1.165, 1.54) is 0 Å². The number of hydrogen-bond donors (Lipinski definition) is 2. The SMILES string of the molecule is CN(C)C/C(N)=N/OCC(=O)NCc1ccccc1. The van der Waals surface area contributed by atoms with Gasteiger partial charge >= 0.3 is 0 Å². The molecule has 0 spiro atoms. The lowest BCUT2D eigenvalue weighted by atomic mass is 10.2. The third-order valence-corrected chi connectivity index (χ3v) is 2.19. The van der Waals surface area contributed by atoms with E-state index in [4.69, 9.17) is 10.6 Å². The summed E-state index contributed by atoms with van der Waals surface area (Å²) in [5.74, 6) is 0.103. The first-order valence-corrected chi connectivity index (χ1v) is 5.97. The lowest BCUT2D eigenvalue weighted by Crippen LogP contribution is -2.30. The van der Waals surface area contributed by atoms with Crippen LogP contribution in [-0.2, 0) is 16.2 Å². The van der Waals surface area contributed by atoms with Crippen LogP contribution in [0.15, 0.2) is 35.5 Å². The smallest absolute Gasteiger partial charge is 0.261 e. The molecule has 0 fully saturated rings. The van der Waals surface area contributed by atoms with E-state index in [0.717, 1.165) is 5.56 Å². The Kier molecular flexibility index (Phi) is 6.38. The van der Waals surface area contributed by atoms with E-state index in [1.54, 1.807) is 0 Å². The molecule has 0 saturated carbocycles. The zero-order chi connectivity index (χ0) is 14.1. The molecule has 0 aliphatic carbocycles. The van der Waals surface area contributed by atoms with Crippen LogP contribution in [0, 0.1) is 0 Å². The van der Waals surface area contributed by atoms with Crippen molar-refractivity contribution in [2.75, 3.05) is 27.2 Å². The van der Waals surface area contributed by atoms with E-state index in [1.807, 2.05) is 49.3 Å². The predicted octanol–water partition coefficient (Wildman–Crippen LogP) is 0.153. The molecule has 0 atom stereocenters. The highest BCUT2D eigenvalue weighted by Gasteiger charge is 2.02. The summed E-state index contributed by atoms with van der Waals surface area (Å²) in [6.07, 6.45) is 0. The van der Waals surface area contributed by atoms with Crippen LogP contribution in [0.2, 0.25) is 0 Å². The molecule has 0 radical (unpaired) electrons. The number of hydrogen-bond acceptors (Lipinski definition) is 4. The van der Waals surface area contributed by atoms with Crippen molar-refractivity contribution in [1.29, 1.82) is 0 Å². The Labute approximate surface area is 113 Å². The fourth-order valence-corrected chi connectivity index (χ4v) is 1.37. The Hall–Kier alpha value is -2.08. The van der Waals surface area contributed by atoms with Gasteiger partial charge in [-0.1, -0.05) is 35.5 Å². The summed E-state index contributed by atoms with van der Waals surface area (Å²) in [5.41, 5.74) is 6.61. The molecule has 0 unspecified atom stereocenters. The number of benzene rings is 1. The maximum Gasteiger partial charge on any atom is 0.261 e. The topological polar surface area (TPSA) is 79.9 Å². The minimum atomic E-state index is -0.231. The molecule has 1 aromatic rings.